The Hall–Kier alpha value is -4.06. The van der Waals surface area contributed by atoms with Crippen LogP contribution in [-0.4, -0.2) is 30.8 Å². The molecule has 0 aliphatic heterocycles. The average molecular weight is 473 g/mol. The molecule has 0 aliphatic rings. The Morgan fingerprint density at radius 2 is 1.69 bits per heavy atom. The van der Waals surface area contributed by atoms with Crippen molar-refractivity contribution < 1.29 is 19.4 Å². The van der Waals surface area contributed by atoms with Crippen LogP contribution in [0, 0.1) is 0 Å². The molecule has 0 aromatic heterocycles. The lowest BCUT2D eigenvalue weighted by molar-refractivity contribution is -0.136. The summed E-state index contributed by atoms with van der Waals surface area (Å²) in [5, 5.41) is 12.2. The summed E-state index contributed by atoms with van der Waals surface area (Å²) >= 11 is 0. The first kappa shape index (κ1) is 25.6. The number of hydrogen-bond donors (Lipinski definition) is 2. The molecule has 0 aliphatic carbocycles. The molecule has 0 saturated carbocycles. The summed E-state index contributed by atoms with van der Waals surface area (Å²) in [7, 11) is 1.74. The number of hydrogen-bond acceptors (Lipinski definition) is 3. The van der Waals surface area contributed by atoms with Gasteiger partial charge in [0, 0.05) is 18.4 Å². The number of carbonyl (C=O) groups excluding carboxylic acids is 1. The third-order valence-electron chi connectivity index (χ3n) is 5.61. The van der Waals surface area contributed by atoms with Crippen molar-refractivity contribution in [3.05, 3.63) is 89.7 Å². The van der Waals surface area contributed by atoms with Crippen LogP contribution in [0.15, 0.2) is 78.6 Å². The predicted octanol–water partition coefficient (Wildman–Crippen LogP) is 6.83. The molecule has 3 aromatic carbocycles. The normalized spacial score (nSPS) is 11.1. The summed E-state index contributed by atoms with van der Waals surface area (Å²) < 4.78 is 5.17. The smallest absolute Gasteiger partial charge is 0.371 e. The third-order valence-corrected chi connectivity index (χ3v) is 5.61. The van der Waals surface area contributed by atoms with Gasteiger partial charge in [-0.3, -0.25) is 4.90 Å². The lowest BCUT2D eigenvalue weighted by atomic mass is 10.0. The fraction of sp³-hybridized carbons (Fsp3) is 0.241. The second-order valence-electron chi connectivity index (χ2n) is 8.21. The van der Waals surface area contributed by atoms with Crippen LogP contribution in [0.5, 0.6) is 0 Å². The van der Waals surface area contributed by atoms with Crippen molar-refractivity contribution in [1.29, 1.82) is 0 Å². The molecule has 2 N–H and O–H groups in total. The second-order valence-corrected chi connectivity index (χ2v) is 8.21. The quantitative estimate of drug-likeness (QED) is 0.250. The van der Waals surface area contributed by atoms with Gasteiger partial charge in [-0.05, 0) is 72.4 Å². The van der Waals surface area contributed by atoms with E-state index in [0.29, 0.717) is 0 Å². The summed E-state index contributed by atoms with van der Waals surface area (Å²) in [6.45, 7) is 4.20. The van der Waals surface area contributed by atoms with E-state index in [1.807, 2.05) is 60.7 Å². The maximum absolute atomic E-state index is 12.8. The average Bonchev–Trinajstić information content (AvgIpc) is 2.88. The molecule has 6 heteroatoms. The summed E-state index contributed by atoms with van der Waals surface area (Å²) in [5.41, 5.74) is 5.41. The Morgan fingerprint density at radius 1 is 0.971 bits per heavy atom. The number of aliphatic carboxylic acids is 1. The first-order valence-corrected chi connectivity index (χ1v) is 11.8. The maximum Gasteiger partial charge on any atom is 0.371 e. The topological polar surface area (TPSA) is 78.9 Å². The maximum atomic E-state index is 12.8. The van der Waals surface area contributed by atoms with Crippen LogP contribution >= 0.6 is 0 Å². The van der Waals surface area contributed by atoms with Gasteiger partial charge in [0.1, 0.15) is 0 Å². The molecule has 3 rings (SSSR count). The minimum atomic E-state index is -1.10. The largest absolute Gasteiger partial charge is 0.487 e. The highest BCUT2D eigenvalue weighted by atomic mass is 16.5. The molecule has 0 radical (unpaired) electrons. The van der Waals surface area contributed by atoms with E-state index in [0.717, 1.165) is 47.3 Å². The lowest BCUT2D eigenvalue weighted by Gasteiger charge is -2.19. The zero-order chi connectivity index (χ0) is 25.2. The Morgan fingerprint density at radius 3 is 2.31 bits per heavy atom. The van der Waals surface area contributed by atoms with E-state index in [4.69, 9.17) is 4.74 Å². The van der Waals surface area contributed by atoms with Gasteiger partial charge in [0.25, 0.3) is 0 Å². The minimum absolute atomic E-state index is 0.0921. The zero-order valence-corrected chi connectivity index (χ0v) is 20.5. The molecule has 0 atom stereocenters. The molecule has 0 heterocycles. The van der Waals surface area contributed by atoms with Crippen molar-refractivity contribution in [2.24, 2.45) is 0 Å². The summed E-state index contributed by atoms with van der Waals surface area (Å²) in [6, 6.07) is 23.0. The van der Waals surface area contributed by atoms with Gasteiger partial charge in [0.2, 0.25) is 5.76 Å². The van der Waals surface area contributed by atoms with Gasteiger partial charge in [-0.2, -0.15) is 0 Å². The fourth-order valence-corrected chi connectivity index (χ4v) is 3.60. The SMILES string of the molecule is CCCCc1ccc(NC(=O)N(C)c2cccc(-c3ccc(/C=C(/OCC)C(=O)O)cc3)c2)cc1. The van der Waals surface area contributed by atoms with E-state index in [1.165, 1.54) is 11.6 Å². The van der Waals surface area contributed by atoms with E-state index < -0.39 is 5.97 Å². The minimum Gasteiger partial charge on any atom is -0.487 e. The fourth-order valence-electron chi connectivity index (χ4n) is 3.60. The summed E-state index contributed by atoms with van der Waals surface area (Å²) in [5.74, 6) is -1.19. The highest BCUT2D eigenvalue weighted by Gasteiger charge is 2.12. The number of amides is 2. The Balaban J connectivity index is 1.70. The molecule has 0 spiro atoms. The summed E-state index contributed by atoms with van der Waals surface area (Å²) in [4.78, 5) is 25.7. The van der Waals surface area contributed by atoms with Crippen LogP contribution in [0.3, 0.4) is 0 Å². The van der Waals surface area contributed by atoms with Crippen LogP contribution in [-0.2, 0) is 16.0 Å². The van der Waals surface area contributed by atoms with Gasteiger partial charge in [-0.25, -0.2) is 9.59 Å². The third kappa shape index (κ3) is 7.21. The van der Waals surface area contributed by atoms with Crippen LogP contribution in [0.1, 0.15) is 37.8 Å². The summed E-state index contributed by atoms with van der Waals surface area (Å²) in [6.07, 6.45) is 4.85. The number of ether oxygens (including phenoxy) is 1. The molecular weight excluding hydrogens is 440 g/mol. The number of aryl methyl sites for hydroxylation is 1. The first-order valence-electron chi connectivity index (χ1n) is 11.8. The van der Waals surface area contributed by atoms with Gasteiger partial charge in [-0.1, -0.05) is 61.9 Å². The number of nitrogens with one attached hydrogen (secondary N) is 1. The molecular formula is C29H32N2O4. The van der Waals surface area contributed by atoms with Crippen LogP contribution in [0.4, 0.5) is 16.2 Å². The second kappa shape index (κ2) is 12.4. The monoisotopic (exact) mass is 472 g/mol. The molecule has 35 heavy (non-hydrogen) atoms. The molecule has 6 nitrogen and oxygen atoms in total. The molecule has 0 bridgehead atoms. The number of carboxylic acids is 1. The number of anilines is 2. The molecule has 0 saturated heterocycles. The molecule has 3 aromatic rings. The number of rotatable bonds is 10. The Bertz CT molecular complexity index is 1170. The van der Waals surface area contributed by atoms with Gasteiger partial charge in [-0.15, -0.1) is 0 Å². The van der Waals surface area contributed by atoms with E-state index in [1.54, 1.807) is 18.9 Å². The van der Waals surface area contributed by atoms with Crippen molar-refractivity contribution in [1.82, 2.24) is 0 Å². The van der Waals surface area contributed by atoms with E-state index >= 15 is 0 Å². The number of urea groups is 1. The van der Waals surface area contributed by atoms with E-state index in [-0.39, 0.29) is 18.4 Å². The van der Waals surface area contributed by atoms with Crippen LogP contribution < -0.4 is 10.2 Å². The van der Waals surface area contributed by atoms with E-state index in [9.17, 15) is 14.7 Å². The number of carbonyl (C=O) groups is 2. The number of carboxylic acid groups (broad SMARTS) is 1. The predicted molar refractivity (Wildman–Crippen MR) is 142 cm³/mol. The number of benzene rings is 3. The molecule has 182 valence electrons. The van der Waals surface area contributed by atoms with Crippen LogP contribution in [0.2, 0.25) is 0 Å². The zero-order valence-electron chi connectivity index (χ0n) is 20.5. The van der Waals surface area contributed by atoms with Gasteiger partial charge >= 0.3 is 12.0 Å². The number of unbranched alkanes of at least 4 members (excludes halogenated alkanes) is 1. The highest BCUT2D eigenvalue weighted by Crippen LogP contribution is 2.26. The molecule has 0 unspecified atom stereocenters. The van der Waals surface area contributed by atoms with Crippen molar-refractivity contribution in [3.63, 3.8) is 0 Å². The van der Waals surface area contributed by atoms with Crippen molar-refractivity contribution in [3.8, 4) is 11.1 Å². The van der Waals surface area contributed by atoms with E-state index in [2.05, 4.69) is 24.4 Å². The van der Waals surface area contributed by atoms with Gasteiger partial charge in [0.05, 0.1) is 6.61 Å². The lowest BCUT2D eigenvalue weighted by Crippen LogP contribution is -2.31. The Labute approximate surface area is 206 Å². The number of nitrogens with zero attached hydrogens (tertiary/aromatic N) is 1. The highest BCUT2D eigenvalue weighted by molar-refractivity contribution is 6.01. The standard InChI is InChI=1S/C29H32N2O4/c1-4-6-8-21-13-17-25(18-14-21)30-29(34)31(3)26-10-7-9-24(20-26)23-15-11-22(12-16-23)19-27(28(32)33)35-5-2/h7,9-20H,4-6,8H2,1-3H3,(H,30,34)(H,32,33)/b27-19+. The van der Waals surface area contributed by atoms with Gasteiger partial charge < -0.3 is 15.2 Å². The van der Waals surface area contributed by atoms with Crippen molar-refractivity contribution in [2.75, 3.05) is 23.9 Å². The van der Waals surface area contributed by atoms with Crippen molar-refractivity contribution in [2.45, 2.75) is 33.1 Å². The first-order chi connectivity index (χ1) is 16.9. The molecule has 0 fully saturated rings. The van der Waals surface area contributed by atoms with Crippen LogP contribution in [0.25, 0.3) is 17.2 Å². The molecule has 2 amide bonds. The van der Waals surface area contributed by atoms with Crippen molar-refractivity contribution >= 4 is 29.5 Å². The van der Waals surface area contributed by atoms with Gasteiger partial charge in [0.15, 0.2) is 0 Å². The Kier molecular flexibility index (Phi) is 9.07.